The fraction of sp³-hybridized carbons (Fsp3) is 0.0833. The molecule has 0 saturated heterocycles. The summed E-state index contributed by atoms with van der Waals surface area (Å²) in [5.41, 5.74) is 2.07. The summed E-state index contributed by atoms with van der Waals surface area (Å²) < 4.78 is 2.59. The van der Waals surface area contributed by atoms with E-state index in [1.807, 2.05) is 0 Å². The van der Waals surface area contributed by atoms with Crippen molar-refractivity contribution in [2.45, 2.75) is 0 Å². The van der Waals surface area contributed by atoms with Gasteiger partial charge < -0.3 is 9.30 Å². The summed E-state index contributed by atoms with van der Waals surface area (Å²) >= 11 is 3.42. The van der Waals surface area contributed by atoms with Crippen LogP contribution in [-0.2, 0) is 0 Å². The number of H-pyrrole nitrogens is 1. The lowest BCUT2D eigenvalue weighted by Crippen LogP contribution is -2.26. The minimum absolute atomic E-state index is 0.113. The zero-order valence-electron chi connectivity index (χ0n) is 10.0. The molecule has 0 fully saturated rings. The van der Waals surface area contributed by atoms with E-state index >= 15 is 0 Å². The summed E-state index contributed by atoms with van der Waals surface area (Å²) in [6.07, 6.45) is 8.51. The molecule has 6 nitrogen and oxygen atoms in total. The van der Waals surface area contributed by atoms with Gasteiger partial charge in [-0.1, -0.05) is 0 Å². The number of nitrogens with zero attached hydrogens (tertiary/aromatic N) is 4. The van der Waals surface area contributed by atoms with Crippen molar-refractivity contribution < 1.29 is 4.79 Å². The van der Waals surface area contributed by atoms with E-state index in [0.717, 1.165) is 10.1 Å². The highest BCUT2D eigenvalue weighted by molar-refractivity contribution is 9.10. The molecule has 0 aliphatic rings. The molecule has 0 unspecified atom stereocenters. The maximum absolute atomic E-state index is 12.4. The summed E-state index contributed by atoms with van der Waals surface area (Å²) in [4.78, 5) is 18.1. The number of hydrogen-bond acceptors (Lipinski definition) is 3. The standard InChI is InChI=1S/C12H10BrN5O/c1-17(9-5-15-16-6-9)12(19)8-4-10(13)11-14-2-3-18(11)7-8/h2-7H,1H3,(H,15,16). The Morgan fingerprint density at radius 1 is 1.53 bits per heavy atom. The highest BCUT2D eigenvalue weighted by Crippen LogP contribution is 2.20. The number of amides is 1. The fourth-order valence-electron chi connectivity index (χ4n) is 1.85. The Morgan fingerprint density at radius 3 is 3.11 bits per heavy atom. The number of nitrogens with one attached hydrogen (secondary N) is 1. The lowest BCUT2D eigenvalue weighted by molar-refractivity contribution is 0.0992. The molecule has 1 amide bonds. The van der Waals surface area contributed by atoms with Crippen LogP contribution in [-0.4, -0.2) is 32.5 Å². The predicted molar refractivity (Wildman–Crippen MR) is 74.2 cm³/mol. The van der Waals surface area contributed by atoms with Crippen LogP contribution in [0, 0.1) is 0 Å². The molecule has 3 aromatic heterocycles. The van der Waals surface area contributed by atoms with Crippen molar-refractivity contribution >= 4 is 33.2 Å². The zero-order chi connectivity index (χ0) is 13.4. The van der Waals surface area contributed by atoms with Gasteiger partial charge in [-0.2, -0.15) is 5.10 Å². The Balaban J connectivity index is 2.02. The number of carbonyl (C=O) groups excluding carboxylic acids is 1. The van der Waals surface area contributed by atoms with Crippen LogP contribution in [0.25, 0.3) is 5.65 Å². The monoisotopic (exact) mass is 319 g/mol. The second-order valence-electron chi connectivity index (χ2n) is 4.06. The number of anilines is 1. The van der Waals surface area contributed by atoms with Gasteiger partial charge in [0.15, 0.2) is 5.65 Å². The quantitative estimate of drug-likeness (QED) is 0.786. The first-order chi connectivity index (χ1) is 9.16. The first-order valence-electron chi connectivity index (χ1n) is 5.56. The maximum Gasteiger partial charge on any atom is 0.259 e. The Bertz CT molecular complexity index is 734. The van der Waals surface area contributed by atoms with E-state index < -0.39 is 0 Å². The van der Waals surface area contributed by atoms with Crippen LogP contribution in [0.2, 0.25) is 0 Å². The molecule has 0 aliphatic heterocycles. The molecular weight excluding hydrogens is 310 g/mol. The Kier molecular flexibility index (Phi) is 2.83. The second-order valence-corrected chi connectivity index (χ2v) is 4.91. The smallest absolute Gasteiger partial charge is 0.259 e. The van der Waals surface area contributed by atoms with Crippen LogP contribution in [0.3, 0.4) is 0 Å². The van der Waals surface area contributed by atoms with Crippen LogP contribution in [0.5, 0.6) is 0 Å². The summed E-state index contributed by atoms with van der Waals surface area (Å²) in [6.45, 7) is 0. The van der Waals surface area contributed by atoms with Crippen molar-refractivity contribution in [1.29, 1.82) is 0 Å². The van der Waals surface area contributed by atoms with Gasteiger partial charge in [0.25, 0.3) is 5.91 Å². The molecule has 0 saturated carbocycles. The van der Waals surface area contributed by atoms with Crippen molar-refractivity contribution in [3.63, 3.8) is 0 Å². The summed E-state index contributed by atoms with van der Waals surface area (Å²) in [5.74, 6) is -0.113. The van der Waals surface area contributed by atoms with Crippen LogP contribution in [0.4, 0.5) is 5.69 Å². The van der Waals surface area contributed by atoms with E-state index in [9.17, 15) is 4.79 Å². The van der Waals surface area contributed by atoms with Crippen molar-refractivity contribution in [3.8, 4) is 0 Å². The van der Waals surface area contributed by atoms with Crippen LogP contribution in [0.15, 0.2) is 41.5 Å². The maximum atomic E-state index is 12.4. The van der Waals surface area contributed by atoms with Crippen molar-refractivity contribution in [2.24, 2.45) is 0 Å². The molecule has 19 heavy (non-hydrogen) atoms. The third-order valence-electron chi connectivity index (χ3n) is 2.87. The van der Waals surface area contributed by atoms with Gasteiger partial charge in [-0.05, 0) is 22.0 Å². The van der Waals surface area contributed by atoms with Crippen LogP contribution in [0.1, 0.15) is 10.4 Å². The van der Waals surface area contributed by atoms with Gasteiger partial charge in [0, 0.05) is 31.8 Å². The van der Waals surface area contributed by atoms with Gasteiger partial charge in [-0.3, -0.25) is 9.89 Å². The normalized spacial score (nSPS) is 10.8. The molecule has 0 bridgehead atoms. The van der Waals surface area contributed by atoms with Gasteiger partial charge in [-0.15, -0.1) is 0 Å². The Morgan fingerprint density at radius 2 is 2.37 bits per heavy atom. The minimum atomic E-state index is -0.113. The lowest BCUT2D eigenvalue weighted by Gasteiger charge is -2.15. The Hall–Kier alpha value is -2.15. The number of rotatable bonds is 2. The largest absolute Gasteiger partial charge is 0.308 e. The van der Waals surface area contributed by atoms with Gasteiger partial charge in [0.05, 0.1) is 21.9 Å². The molecular formula is C12H10BrN5O. The summed E-state index contributed by atoms with van der Waals surface area (Å²) in [5, 5.41) is 6.52. The minimum Gasteiger partial charge on any atom is -0.308 e. The third-order valence-corrected chi connectivity index (χ3v) is 3.45. The van der Waals surface area contributed by atoms with Gasteiger partial charge in [-0.25, -0.2) is 4.98 Å². The van der Waals surface area contributed by atoms with E-state index in [4.69, 9.17) is 0 Å². The number of imidazole rings is 1. The van der Waals surface area contributed by atoms with E-state index in [2.05, 4.69) is 31.1 Å². The van der Waals surface area contributed by atoms with Crippen LogP contribution >= 0.6 is 15.9 Å². The lowest BCUT2D eigenvalue weighted by atomic mass is 10.2. The summed E-state index contributed by atoms with van der Waals surface area (Å²) in [7, 11) is 1.71. The molecule has 3 rings (SSSR count). The molecule has 7 heteroatoms. The SMILES string of the molecule is CN(C(=O)c1cc(Br)c2nccn2c1)c1cn[nH]c1. The molecule has 0 spiro atoms. The number of carbonyl (C=O) groups is 1. The van der Waals surface area contributed by atoms with E-state index in [-0.39, 0.29) is 5.91 Å². The van der Waals surface area contributed by atoms with Crippen molar-refractivity contribution in [2.75, 3.05) is 11.9 Å². The third kappa shape index (κ3) is 2.01. The number of fused-ring (bicyclic) bond motifs is 1. The second kappa shape index (κ2) is 4.51. The molecule has 3 heterocycles. The van der Waals surface area contributed by atoms with Crippen LogP contribution < -0.4 is 4.90 Å². The average Bonchev–Trinajstić information content (AvgIpc) is 3.07. The van der Waals surface area contributed by atoms with E-state index in [1.54, 1.807) is 48.5 Å². The molecule has 0 radical (unpaired) electrons. The van der Waals surface area contributed by atoms with E-state index in [1.165, 1.54) is 4.90 Å². The number of aromatic nitrogens is 4. The number of aromatic amines is 1. The first kappa shape index (κ1) is 11.9. The zero-order valence-corrected chi connectivity index (χ0v) is 11.6. The topological polar surface area (TPSA) is 66.3 Å². The van der Waals surface area contributed by atoms with E-state index in [0.29, 0.717) is 11.3 Å². The fourth-order valence-corrected chi connectivity index (χ4v) is 2.40. The number of hydrogen-bond donors (Lipinski definition) is 1. The molecule has 1 N–H and O–H groups in total. The highest BCUT2D eigenvalue weighted by atomic mass is 79.9. The number of halogens is 1. The number of pyridine rings is 1. The van der Waals surface area contributed by atoms with Gasteiger partial charge >= 0.3 is 0 Å². The average molecular weight is 320 g/mol. The van der Waals surface area contributed by atoms with Crippen molar-refractivity contribution in [3.05, 3.63) is 47.1 Å². The molecule has 0 aliphatic carbocycles. The Labute approximate surface area is 117 Å². The van der Waals surface area contributed by atoms with Crippen molar-refractivity contribution in [1.82, 2.24) is 19.6 Å². The predicted octanol–water partition coefficient (Wildman–Crippen LogP) is 2.10. The van der Waals surface area contributed by atoms with Gasteiger partial charge in [0.1, 0.15) is 0 Å². The first-order valence-corrected chi connectivity index (χ1v) is 6.35. The highest BCUT2D eigenvalue weighted by Gasteiger charge is 2.16. The summed E-state index contributed by atoms with van der Waals surface area (Å²) in [6, 6.07) is 1.77. The molecule has 96 valence electrons. The molecule has 3 aromatic rings. The molecule has 0 atom stereocenters. The van der Waals surface area contributed by atoms with Gasteiger partial charge in [0.2, 0.25) is 0 Å². The molecule has 0 aromatic carbocycles.